The van der Waals surface area contributed by atoms with E-state index in [-0.39, 0.29) is 18.0 Å². The van der Waals surface area contributed by atoms with Gasteiger partial charge in [-0.2, -0.15) is 0 Å². The molecule has 1 atom stereocenters. The third kappa shape index (κ3) is 2.72. The minimum atomic E-state index is -3.55. The van der Waals surface area contributed by atoms with Crippen LogP contribution in [0.5, 0.6) is 11.5 Å². The van der Waals surface area contributed by atoms with E-state index in [2.05, 4.69) is 0 Å². The van der Waals surface area contributed by atoms with Gasteiger partial charge in [-0.3, -0.25) is 0 Å². The summed E-state index contributed by atoms with van der Waals surface area (Å²) in [4.78, 5) is 0. The topological polar surface area (TPSA) is 86.7 Å². The molecule has 0 aliphatic rings. The molecule has 92 valence electrons. The molecule has 0 saturated carbocycles. The maximum absolute atomic E-state index is 13.0. The van der Waals surface area contributed by atoms with E-state index in [1.165, 1.54) is 6.07 Å². The van der Waals surface area contributed by atoms with E-state index < -0.39 is 30.1 Å². The van der Waals surface area contributed by atoms with Gasteiger partial charge in [-0.05, 0) is 6.07 Å². The van der Waals surface area contributed by atoms with Crippen molar-refractivity contribution in [2.45, 2.75) is 12.0 Å². The Morgan fingerprint density at radius 2 is 1.88 bits per heavy atom. The van der Waals surface area contributed by atoms with Crippen LogP contribution in [-0.2, 0) is 0 Å². The van der Waals surface area contributed by atoms with Crippen LogP contribution < -0.4 is 5.73 Å². The summed E-state index contributed by atoms with van der Waals surface area (Å²) in [7, 11) is 0. The van der Waals surface area contributed by atoms with Crippen LogP contribution in [0, 0.1) is 0 Å². The molecule has 0 saturated heterocycles. The molecule has 0 heterocycles. The number of hydrogen-bond donors (Lipinski definition) is 4. The second-order valence-corrected chi connectivity index (χ2v) is 3.11. The Kier molecular flexibility index (Phi) is 4.92. The smallest absolute Gasteiger partial charge is 0.289 e. The van der Waals surface area contributed by atoms with Gasteiger partial charge in [-0.15, -0.1) is 12.4 Å². The highest BCUT2D eigenvalue weighted by molar-refractivity contribution is 5.85. The van der Waals surface area contributed by atoms with Gasteiger partial charge in [-0.1, -0.05) is 12.1 Å². The molecule has 0 fully saturated rings. The largest absolute Gasteiger partial charge is 0.504 e. The predicted octanol–water partition coefficient (Wildman–Crippen LogP) is 1.15. The standard InChI is InChI=1S/C9H11F2NO3.ClH/c10-9(11,4-13)8(12)5-2-1-3-6(14)7(5)15;/h1-3,8,13-15H,4,12H2;1H/t8-;/m0./s1. The van der Waals surface area contributed by atoms with Crippen LogP contribution in [0.4, 0.5) is 8.78 Å². The summed E-state index contributed by atoms with van der Waals surface area (Å²) in [6.07, 6.45) is 0. The lowest BCUT2D eigenvalue weighted by atomic mass is 10.0. The van der Waals surface area contributed by atoms with E-state index in [1.54, 1.807) is 0 Å². The minimum Gasteiger partial charge on any atom is -0.504 e. The number of hydrogen-bond acceptors (Lipinski definition) is 4. The molecule has 0 aliphatic heterocycles. The van der Waals surface area contributed by atoms with Crippen molar-refractivity contribution < 1.29 is 24.1 Å². The third-order valence-electron chi connectivity index (χ3n) is 2.05. The van der Waals surface area contributed by atoms with Crippen molar-refractivity contribution in [3.8, 4) is 11.5 Å². The number of rotatable bonds is 3. The zero-order valence-electron chi connectivity index (χ0n) is 8.10. The van der Waals surface area contributed by atoms with Crippen LogP contribution in [0.3, 0.4) is 0 Å². The van der Waals surface area contributed by atoms with Crippen molar-refractivity contribution in [3.05, 3.63) is 23.8 Å². The van der Waals surface area contributed by atoms with E-state index >= 15 is 0 Å². The van der Waals surface area contributed by atoms with Crippen LogP contribution in [-0.4, -0.2) is 27.8 Å². The molecule has 1 rings (SSSR count). The first-order chi connectivity index (χ1) is 6.90. The number of para-hydroxylation sites is 1. The number of alkyl halides is 2. The zero-order chi connectivity index (χ0) is 11.6. The van der Waals surface area contributed by atoms with Gasteiger partial charge in [0.2, 0.25) is 0 Å². The van der Waals surface area contributed by atoms with Crippen molar-refractivity contribution in [1.29, 1.82) is 0 Å². The van der Waals surface area contributed by atoms with E-state index in [0.29, 0.717) is 0 Å². The Bertz CT molecular complexity index is 363. The molecule has 1 aromatic rings. The van der Waals surface area contributed by atoms with Crippen LogP contribution in [0.1, 0.15) is 11.6 Å². The fourth-order valence-corrected chi connectivity index (χ4v) is 1.13. The van der Waals surface area contributed by atoms with Gasteiger partial charge < -0.3 is 21.1 Å². The number of aromatic hydroxyl groups is 2. The molecule has 7 heteroatoms. The first-order valence-corrected chi connectivity index (χ1v) is 4.15. The van der Waals surface area contributed by atoms with Crippen molar-refractivity contribution in [3.63, 3.8) is 0 Å². The number of phenolic OH excluding ortho intramolecular Hbond substituents is 2. The average Bonchev–Trinajstić information content (AvgIpc) is 2.21. The Morgan fingerprint density at radius 3 is 2.38 bits per heavy atom. The van der Waals surface area contributed by atoms with Gasteiger partial charge in [0, 0.05) is 5.56 Å². The Hall–Kier alpha value is -1.11. The second-order valence-electron chi connectivity index (χ2n) is 3.11. The monoisotopic (exact) mass is 255 g/mol. The molecular formula is C9H12ClF2NO3. The summed E-state index contributed by atoms with van der Waals surface area (Å²) >= 11 is 0. The van der Waals surface area contributed by atoms with Crippen molar-refractivity contribution in [1.82, 2.24) is 0 Å². The third-order valence-corrected chi connectivity index (χ3v) is 2.05. The summed E-state index contributed by atoms with van der Waals surface area (Å²) in [5.74, 6) is -4.78. The fourth-order valence-electron chi connectivity index (χ4n) is 1.13. The highest BCUT2D eigenvalue weighted by Gasteiger charge is 2.38. The summed E-state index contributed by atoms with van der Waals surface area (Å²) in [6.45, 7) is -1.43. The Labute approximate surface area is 96.7 Å². The zero-order valence-corrected chi connectivity index (χ0v) is 8.92. The SMILES string of the molecule is Cl.N[C@@H](c1cccc(O)c1O)C(F)(F)CO. The van der Waals surface area contributed by atoms with Gasteiger partial charge in [0.25, 0.3) is 5.92 Å². The lowest BCUT2D eigenvalue weighted by Crippen LogP contribution is -2.36. The van der Waals surface area contributed by atoms with Crippen LogP contribution in [0.15, 0.2) is 18.2 Å². The van der Waals surface area contributed by atoms with Gasteiger partial charge in [0.05, 0.1) is 0 Å². The first-order valence-electron chi connectivity index (χ1n) is 4.15. The van der Waals surface area contributed by atoms with Gasteiger partial charge in [0.1, 0.15) is 12.6 Å². The predicted molar refractivity (Wildman–Crippen MR) is 56.0 cm³/mol. The van der Waals surface area contributed by atoms with Crippen molar-refractivity contribution in [2.24, 2.45) is 5.73 Å². The molecular weight excluding hydrogens is 244 g/mol. The van der Waals surface area contributed by atoms with E-state index in [4.69, 9.17) is 15.9 Å². The minimum absolute atomic E-state index is 0. The molecule has 0 unspecified atom stereocenters. The molecule has 1 aromatic carbocycles. The van der Waals surface area contributed by atoms with E-state index in [0.717, 1.165) is 12.1 Å². The van der Waals surface area contributed by atoms with Gasteiger partial charge >= 0.3 is 0 Å². The normalized spacial score (nSPS) is 13.0. The van der Waals surface area contributed by atoms with Gasteiger partial charge in [-0.25, -0.2) is 8.78 Å². The molecule has 16 heavy (non-hydrogen) atoms. The van der Waals surface area contributed by atoms with Gasteiger partial charge in [0.15, 0.2) is 11.5 Å². The second kappa shape index (κ2) is 5.29. The molecule has 0 amide bonds. The summed E-state index contributed by atoms with van der Waals surface area (Å²) < 4.78 is 26.0. The van der Waals surface area contributed by atoms with Crippen LogP contribution in [0.25, 0.3) is 0 Å². The molecule has 0 aliphatic carbocycles. The molecule has 0 radical (unpaired) electrons. The molecule has 0 spiro atoms. The molecule has 4 nitrogen and oxygen atoms in total. The number of aliphatic hydroxyl groups excluding tert-OH is 1. The summed E-state index contributed by atoms with van der Waals surface area (Å²) in [6, 6.07) is 1.71. The molecule has 0 bridgehead atoms. The maximum Gasteiger partial charge on any atom is 0.289 e. The number of benzene rings is 1. The number of aliphatic hydroxyl groups is 1. The van der Waals surface area contributed by atoms with Crippen molar-refractivity contribution >= 4 is 12.4 Å². The number of nitrogens with two attached hydrogens (primary N) is 1. The quantitative estimate of drug-likeness (QED) is 0.610. The Balaban J connectivity index is 0.00000225. The summed E-state index contributed by atoms with van der Waals surface area (Å²) in [5, 5.41) is 26.8. The van der Waals surface area contributed by atoms with Crippen LogP contribution in [0.2, 0.25) is 0 Å². The average molecular weight is 256 g/mol. The highest BCUT2D eigenvalue weighted by atomic mass is 35.5. The molecule has 5 N–H and O–H groups in total. The fraction of sp³-hybridized carbons (Fsp3) is 0.333. The highest BCUT2D eigenvalue weighted by Crippen LogP contribution is 2.37. The maximum atomic E-state index is 13.0. The lowest BCUT2D eigenvalue weighted by Gasteiger charge is -2.22. The van der Waals surface area contributed by atoms with Crippen LogP contribution >= 0.6 is 12.4 Å². The van der Waals surface area contributed by atoms with Crippen molar-refractivity contribution in [2.75, 3.05) is 6.61 Å². The first kappa shape index (κ1) is 14.9. The number of phenols is 2. The van der Waals surface area contributed by atoms with E-state index in [1.807, 2.05) is 0 Å². The molecule has 0 aromatic heterocycles. The lowest BCUT2D eigenvalue weighted by molar-refractivity contribution is -0.0716. The van der Waals surface area contributed by atoms with E-state index in [9.17, 15) is 13.9 Å². The summed E-state index contributed by atoms with van der Waals surface area (Å²) in [5.41, 5.74) is 4.86. The Morgan fingerprint density at radius 1 is 1.31 bits per heavy atom. The number of halogens is 3.